The summed E-state index contributed by atoms with van der Waals surface area (Å²) >= 11 is 0. The van der Waals surface area contributed by atoms with E-state index in [4.69, 9.17) is 4.74 Å². The topological polar surface area (TPSA) is 29.5 Å². The molecule has 3 heteroatoms. The fraction of sp³-hybridized carbons (Fsp3) is 0.938. The first-order valence-corrected chi connectivity index (χ1v) is 7.62. The van der Waals surface area contributed by atoms with Crippen LogP contribution < -0.4 is 0 Å². The molecule has 0 aromatic carbocycles. The van der Waals surface area contributed by atoms with Gasteiger partial charge in [-0.1, -0.05) is 6.92 Å². The van der Waals surface area contributed by atoms with E-state index < -0.39 is 5.60 Å². The molecule has 2 rings (SSSR count). The zero-order chi connectivity index (χ0) is 14.4. The number of hydrogen-bond acceptors (Lipinski definition) is 3. The quantitative estimate of drug-likeness (QED) is 0.770. The highest BCUT2D eigenvalue weighted by Crippen LogP contribution is 2.40. The van der Waals surface area contributed by atoms with Gasteiger partial charge in [0.15, 0.2) is 5.78 Å². The van der Waals surface area contributed by atoms with Crippen LogP contribution in [0.15, 0.2) is 0 Å². The van der Waals surface area contributed by atoms with E-state index in [9.17, 15) is 4.79 Å². The second-order valence-electron chi connectivity index (χ2n) is 7.62. The largest absolute Gasteiger partial charge is 0.361 e. The molecule has 0 aromatic heterocycles. The first-order chi connectivity index (χ1) is 8.63. The summed E-state index contributed by atoms with van der Waals surface area (Å²) < 4.78 is 5.99. The molecule has 0 spiro atoms. The van der Waals surface area contributed by atoms with Crippen molar-refractivity contribution in [3.63, 3.8) is 0 Å². The van der Waals surface area contributed by atoms with Crippen molar-refractivity contribution in [1.82, 2.24) is 4.90 Å². The highest BCUT2D eigenvalue weighted by molar-refractivity contribution is 5.91. The van der Waals surface area contributed by atoms with Gasteiger partial charge in [-0.05, 0) is 53.4 Å². The predicted octanol–water partition coefficient (Wildman–Crippen LogP) is 2.88. The molecule has 19 heavy (non-hydrogen) atoms. The van der Waals surface area contributed by atoms with Crippen molar-refractivity contribution in [2.75, 3.05) is 13.1 Å². The second kappa shape index (κ2) is 4.85. The Morgan fingerprint density at radius 2 is 1.84 bits per heavy atom. The number of ether oxygens (including phenoxy) is 1. The van der Waals surface area contributed by atoms with Crippen LogP contribution in [-0.2, 0) is 9.53 Å². The number of carbonyl (C=O) groups excluding carboxylic acids is 1. The molecule has 0 aliphatic carbocycles. The van der Waals surface area contributed by atoms with E-state index in [-0.39, 0.29) is 17.3 Å². The number of ketones is 1. The smallest absolute Gasteiger partial charge is 0.171 e. The van der Waals surface area contributed by atoms with E-state index in [1.807, 2.05) is 13.8 Å². The first-order valence-electron chi connectivity index (χ1n) is 7.62. The fourth-order valence-corrected chi connectivity index (χ4v) is 3.69. The van der Waals surface area contributed by atoms with E-state index >= 15 is 0 Å². The molecule has 0 N–H and O–H groups in total. The van der Waals surface area contributed by atoms with E-state index in [2.05, 4.69) is 32.6 Å². The van der Waals surface area contributed by atoms with E-state index in [0.29, 0.717) is 6.04 Å². The Kier molecular flexibility index (Phi) is 3.83. The number of rotatable bonds is 2. The van der Waals surface area contributed by atoms with Crippen molar-refractivity contribution in [3.05, 3.63) is 0 Å². The number of hydrogen-bond donors (Lipinski definition) is 0. The lowest BCUT2D eigenvalue weighted by molar-refractivity contribution is -0.132. The number of likely N-dealkylation sites (tertiary alicyclic amines) is 1. The summed E-state index contributed by atoms with van der Waals surface area (Å²) in [6.07, 6.45) is 2.55. The lowest BCUT2D eigenvalue weighted by Gasteiger charge is -2.39. The third kappa shape index (κ3) is 2.87. The summed E-state index contributed by atoms with van der Waals surface area (Å²) in [5.41, 5.74) is -0.972. The highest BCUT2D eigenvalue weighted by Gasteiger charge is 2.53. The lowest BCUT2D eigenvalue weighted by Crippen LogP contribution is -2.48. The van der Waals surface area contributed by atoms with E-state index in [1.54, 1.807) is 0 Å². The van der Waals surface area contributed by atoms with Crippen molar-refractivity contribution >= 4 is 5.78 Å². The Morgan fingerprint density at radius 3 is 2.37 bits per heavy atom. The molecule has 2 aliphatic rings. The average molecular weight is 267 g/mol. The Bertz CT molecular complexity index is 362. The molecular weight excluding hydrogens is 238 g/mol. The molecule has 3 nitrogen and oxygen atoms in total. The first kappa shape index (κ1) is 15.0. The van der Waals surface area contributed by atoms with Crippen molar-refractivity contribution in [3.8, 4) is 0 Å². The van der Waals surface area contributed by atoms with Gasteiger partial charge in [0.25, 0.3) is 0 Å². The minimum absolute atomic E-state index is 0.00440. The Labute approximate surface area is 117 Å². The predicted molar refractivity (Wildman–Crippen MR) is 77.2 cm³/mol. The minimum atomic E-state index is -0.626. The van der Waals surface area contributed by atoms with Gasteiger partial charge in [0.2, 0.25) is 0 Å². The summed E-state index contributed by atoms with van der Waals surface area (Å²) in [6, 6.07) is 0.587. The molecule has 0 saturated carbocycles. The maximum absolute atomic E-state index is 12.6. The molecule has 2 fully saturated rings. The summed E-state index contributed by atoms with van der Waals surface area (Å²) in [4.78, 5) is 15.0. The van der Waals surface area contributed by atoms with Crippen LogP contribution in [0, 0.1) is 11.8 Å². The van der Waals surface area contributed by atoms with Gasteiger partial charge in [-0.15, -0.1) is 0 Å². The third-order valence-corrected chi connectivity index (χ3v) is 4.93. The zero-order valence-electron chi connectivity index (χ0n) is 13.3. The average Bonchev–Trinajstić information content (AvgIpc) is 2.41. The molecule has 110 valence electrons. The maximum Gasteiger partial charge on any atom is 0.171 e. The monoisotopic (exact) mass is 267 g/mol. The Morgan fingerprint density at radius 1 is 1.21 bits per heavy atom. The number of carbonyl (C=O) groups is 1. The van der Waals surface area contributed by atoms with Gasteiger partial charge < -0.3 is 4.74 Å². The van der Waals surface area contributed by atoms with Crippen LogP contribution in [0.1, 0.15) is 54.4 Å². The number of nitrogens with zero attached hydrogens (tertiary/aromatic N) is 1. The van der Waals surface area contributed by atoms with Gasteiger partial charge in [0.05, 0.1) is 11.5 Å². The van der Waals surface area contributed by atoms with Crippen molar-refractivity contribution in [2.45, 2.75) is 71.6 Å². The van der Waals surface area contributed by atoms with Gasteiger partial charge >= 0.3 is 0 Å². The molecule has 2 heterocycles. The van der Waals surface area contributed by atoms with Crippen LogP contribution >= 0.6 is 0 Å². The van der Waals surface area contributed by atoms with Crippen LogP contribution in [-0.4, -0.2) is 41.0 Å². The molecule has 0 radical (unpaired) electrons. The fourth-order valence-electron chi connectivity index (χ4n) is 3.69. The van der Waals surface area contributed by atoms with E-state index in [0.717, 1.165) is 19.0 Å². The van der Waals surface area contributed by atoms with Gasteiger partial charge in [-0.2, -0.15) is 0 Å². The maximum atomic E-state index is 12.6. The van der Waals surface area contributed by atoms with Crippen LogP contribution in [0.3, 0.4) is 0 Å². The second-order valence-corrected chi connectivity index (χ2v) is 7.62. The summed E-state index contributed by atoms with van der Waals surface area (Å²) in [7, 11) is 0. The molecule has 2 saturated heterocycles. The zero-order valence-corrected chi connectivity index (χ0v) is 13.3. The van der Waals surface area contributed by atoms with Crippen LogP contribution in [0.2, 0.25) is 0 Å². The summed E-state index contributed by atoms with van der Waals surface area (Å²) in [6.45, 7) is 14.5. The van der Waals surface area contributed by atoms with Gasteiger partial charge in [-0.3, -0.25) is 9.69 Å². The molecule has 0 amide bonds. The molecule has 3 unspecified atom stereocenters. The Hall–Kier alpha value is -0.410. The lowest BCUT2D eigenvalue weighted by atomic mass is 9.84. The number of Topliss-reactive ketones (excluding diaryl/α,β-unsaturated/α-hetero) is 1. The van der Waals surface area contributed by atoms with Gasteiger partial charge in [0, 0.05) is 19.1 Å². The van der Waals surface area contributed by atoms with Gasteiger partial charge in [-0.25, -0.2) is 0 Å². The molecule has 2 aliphatic heterocycles. The summed E-state index contributed by atoms with van der Waals surface area (Å²) in [5, 5.41) is 0. The van der Waals surface area contributed by atoms with Crippen molar-refractivity contribution < 1.29 is 9.53 Å². The minimum Gasteiger partial charge on any atom is -0.361 e. The Balaban J connectivity index is 2.11. The van der Waals surface area contributed by atoms with E-state index in [1.165, 1.54) is 12.8 Å². The van der Waals surface area contributed by atoms with Crippen molar-refractivity contribution in [1.29, 1.82) is 0 Å². The van der Waals surface area contributed by atoms with Gasteiger partial charge in [0.1, 0.15) is 5.60 Å². The molecular formula is C16H29NO2. The SMILES string of the molecule is CC1CCC(C)N(CC2C(=O)C(C)(C)OC2(C)C)C1. The summed E-state index contributed by atoms with van der Waals surface area (Å²) in [5.74, 6) is 1.00. The van der Waals surface area contributed by atoms with Crippen LogP contribution in [0.5, 0.6) is 0 Å². The van der Waals surface area contributed by atoms with Crippen molar-refractivity contribution in [2.24, 2.45) is 11.8 Å². The molecule has 3 atom stereocenters. The highest BCUT2D eigenvalue weighted by atomic mass is 16.5. The van der Waals surface area contributed by atoms with Crippen LogP contribution in [0.25, 0.3) is 0 Å². The molecule has 0 bridgehead atoms. The number of piperidine rings is 1. The molecule has 0 aromatic rings. The standard InChI is InChI=1S/C16H29NO2/c1-11-7-8-12(2)17(9-11)10-13-14(18)16(5,6)19-15(13,3)4/h11-13H,7-10H2,1-6H3. The third-order valence-electron chi connectivity index (χ3n) is 4.93. The normalized spacial score (nSPS) is 38.6. The van der Waals surface area contributed by atoms with Crippen LogP contribution in [0.4, 0.5) is 0 Å².